The average Bonchev–Trinajstić information content (AvgIpc) is 3.46. The zero-order valence-electron chi connectivity index (χ0n) is 22.6. The predicted octanol–water partition coefficient (Wildman–Crippen LogP) is 4.34. The third-order valence-electron chi connectivity index (χ3n) is 7.41. The number of ether oxygens (including phenoxy) is 4. The zero-order valence-corrected chi connectivity index (χ0v) is 22.6. The summed E-state index contributed by atoms with van der Waals surface area (Å²) in [4.78, 5) is 27.2. The Morgan fingerprint density at radius 1 is 1.05 bits per heavy atom. The van der Waals surface area contributed by atoms with E-state index in [-0.39, 0.29) is 12.7 Å². The van der Waals surface area contributed by atoms with E-state index in [1.54, 1.807) is 6.92 Å². The molecule has 2 aromatic carbocycles. The van der Waals surface area contributed by atoms with Crippen molar-refractivity contribution in [2.45, 2.75) is 77.3 Å². The molecule has 2 fully saturated rings. The van der Waals surface area contributed by atoms with Gasteiger partial charge < -0.3 is 24.1 Å². The van der Waals surface area contributed by atoms with Gasteiger partial charge in [-0.05, 0) is 31.4 Å². The summed E-state index contributed by atoms with van der Waals surface area (Å²) in [7, 11) is 0. The van der Waals surface area contributed by atoms with Crippen LogP contribution in [0.25, 0.3) is 0 Å². The molecule has 6 atom stereocenters. The number of aliphatic hydroxyl groups excluding tert-OH is 1. The molecule has 8 nitrogen and oxygen atoms in total. The van der Waals surface area contributed by atoms with Gasteiger partial charge >= 0.3 is 6.09 Å². The number of nitrogens with zero attached hydrogens (tertiary/aromatic N) is 1. The fraction of sp³-hybridized carbons (Fsp3) is 0.533. The van der Waals surface area contributed by atoms with Crippen LogP contribution in [-0.4, -0.2) is 65.4 Å². The van der Waals surface area contributed by atoms with Crippen LogP contribution in [0.5, 0.6) is 0 Å². The summed E-state index contributed by atoms with van der Waals surface area (Å²) in [6.07, 6.45) is -1.34. The minimum Gasteiger partial charge on any atom is -0.447 e. The number of carbonyl (C=O) groups is 2. The SMILES string of the molecule is C[C@@H]([C@H](O)[C@@H](C)C(=O)N1C(=O)OC[C@H]1Cc1ccccc1)[C@@H](C[C@H]1COC(C)(C)O1)OCc1ccccc1. The number of hydrogen-bond acceptors (Lipinski definition) is 7. The molecule has 0 bridgehead atoms. The van der Waals surface area contributed by atoms with Crippen molar-refractivity contribution >= 4 is 12.0 Å². The number of rotatable bonds is 11. The van der Waals surface area contributed by atoms with E-state index in [1.807, 2.05) is 81.4 Å². The Balaban J connectivity index is 1.45. The van der Waals surface area contributed by atoms with Gasteiger partial charge in [0.15, 0.2) is 5.79 Å². The topological polar surface area (TPSA) is 94.5 Å². The Morgan fingerprint density at radius 3 is 2.29 bits per heavy atom. The highest BCUT2D eigenvalue weighted by molar-refractivity contribution is 5.95. The Morgan fingerprint density at radius 2 is 1.68 bits per heavy atom. The van der Waals surface area contributed by atoms with Gasteiger partial charge in [0.25, 0.3) is 0 Å². The summed E-state index contributed by atoms with van der Waals surface area (Å²) < 4.78 is 23.3. The lowest BCUT2D eigenvalue weighted by molar-refractivity contribution is -0.148. The smallest absolute Gasteiger partial charge is 0.416 e. The van der Waals surface area contributed by atoms with E-state index < -0.39 is 47.9 Å². The van der Waals surface area contributed by atoms with Crippen molar-refractivity contribution in [3.05, 3.63) is 71.8 Å². The van der Waals surface area contributed by atoms with Gasteiger partial charge in [-0.1, -0.05) is 74.5 Å². The second-order valence-electron chi connectivity index (χ2n) is 10.8. The summed E-state index contributed by atoms with van der Waals surface area (Å²) in [5.41, 5.74) is 2.02. The number of cyclic esters (lactones) is 1. The van der Waals surface area contributed by atoms with Gasteiger partial charge in [0.05, 0.1) is 43.5 Å². The first kappa shape index (κ1) is 28.2. The standard InChI is InChI=1S/C30H39NO7/c1-20(26(16-25-19-37-30(3,4)38-25)35-17-23-13-9-6-10-14-23)27(32)21(2)28(33)31-24(18-36-29(31)34)15-22-11-7-5-8-12-22/h5-14,20-21,24-27,32H,15-19H2,1-4H3/t20-,21-,24-,25+,26-,27+/m1/s1. The molecule has 4 rings (SSSR count). The first-order valence-electron chi connectivity index (χ1n) is 13.3. The van der Waals surface area contributed by atoms with Crippen molar-refractivity contribution in [2.24, 2.45) is 11.8 Å². The number of aliphatic hydroxyl groups is 1. The maximum Gasteiger partial charge on any atom is 0.416 e. The summed E-state index contributed by atoms with van der Waals surface area (Å²) >= 11 is 0. The lowest BCUT2D eigenvalue weighted by atomic mass is 9.86. The van der Waals surface area contributed by atoms with Gasteiger partial charge in [0.1, 0.15) is 6.61 Å². The minimum absolute atomic E-state index is 0.134. The molecule has 2 aliphatic rings. The Labute approximate surface area is 224 Å². The lowest BCUT2D eigenvalue weighted by Crippen LogP contribution is -2.48. The summed E-state index contributed by atoms with van der Waals surface area (Å²) in [6.45, 7) is 8.18. The van der Waals surface area contributed by atoms with E-state index in [1.165, 1.54) is 4.90 Å². The highest BCUT2D eigenvalue weighted by Gasteiger charge is 2.44. The molecule has 0 aromatic heterocycles. The number of imide groups is 1. The molecule has 0 saturated carbocycles. The molecular formula is C30H39NO7. The number of carbonyl (C=O) groups excluding carboxylic acids is 2. The third kappa shape index (κ3) is 6.99. The van der Waals surface area contributed by atoms with E-state index in [2.05, 4.69) is 0 Å². The van der Waals surface area contributed by atoms with Crippen molar-refractivity contribution in [3.63, 3.8) is 0 Å². The zero-order chi connectivity index (χ0) is 27.3. The molecule has 1 N–H and O–H groups in total. The average molecular weight is 526 g/mol. The first-order chi connectivity index (χ1) is 18.1. The second kappa shape index (κ2) is 12.4. The molecule has 2 saturated heterocycles. The van der Waals surface area contributed by atoms with Gasteiger partial charge in [-0.25, -0.2) is 9.69 Å². The van der Waals surface area contributed by atoms with Crippen LogP contribution in [0.4, 0.5) is 4.79 Å². The third-order valence-corrected chi connectivity index (χ3v) is 7.41. The molecule has 8 heteroatoms. The Hall–Kier alpha value is -2.78. The van der Waals surface area contributed by atoms with E-state index in [0.29, 0.717) is 26.1 Å². The monoisotopic (exact) mass is 525 g/mol. The highest BCUT2D eigenvalue weighted by atomic mass is 16.7. The molecule has 2 aromatic rings. The Bertz CT molecular complexity index is 1060. The fourth-order valence-corrected chi connectivity index (χ4v) is 5.16. The maximum atomic E-state index is 13.5. The van der Waals surface area contributed by atoms with Gasteiger partial charge in [0, 0.05) is 12.3 Å². The molecule has 0 unspecified atom stereocenters. The van der Waals surface area contributed by atoms with Crippen LogP contribution < -0.4 is 0 Å². The van der Waals surface area contributed by atoms with Crippen LogP contribution in [0.3, 0.4) is 0 Å². The van der Waals surface area contributed by atoms with Crippen LogP contribution >= 0.6 is 0 Å². The molecule has 2 heterocycles. The molecule has 2 amide bonds. The van der Waals surface area contributed by atoms with E-state index >= 15 is 0 Å². The summed E-state index contributed by atoms with van der Waals surface area (Å²) in [5.74, 6) is -2.38. The van der Waals surface area contributed by atoms with E-state index in [0.717, 1.165) is 11.1 Å². The first-order valence-corrected chi connectivity index (χ1v) is 13.3. The van der Waals surface area contributed by atoms with Crippen molar-refractivity contribution in [3.8, 4) is 0 Å². The van der Waals surface area contributed by atoms with Gasteiger partial charge in [-0.2, -0.15) is 0 Å². The van der Waals surface area contributed by atoms with Crippen LogP contribution in [0.1, 0.15) is 45.2 Å². The normalized spacial score (nSPS) is 24.0. The number of benzene rings is 2. The van der Waals surface area contributed by atoms with Crippen LogP contribution in [-0.2, 0) is 36.8 Å². The molecule has 2 aliphatic heterocycles. The van der Waals surface area contributed by atoms with Gasteiger partial charge in [0.2, 0.25) is 5.91 Å². The largest absolute Gasteiger partial charge is 0.447 e. The van der Waals surface area contributed by atoms with Crippen molar-refractivity contribution in [1.29, 1.82) is 0 Å². The highest BCUT2D eigenvalue weighted by Crippen LogP contribution is 2.31. The molecule has 38 heavy (non-hydrogen) atoms. The van der Waals surface area contributed by atoms with E-state index in [9.17, 15) is 14.7 Å². The summed E-state index contributed by atoms with van der Waals surface area (Å²) in [6, 6.07) is 19.1. The van der Waals surface area contributed by atoms with Crippen molar-refractivity contribution in [1.82, 2.24) is 4.90 Å². The van der Waals surface area contributed by atoms with Crippen molar-refractivity contribution in [2.75, 3.05) is 13.2 Å². The maximum absolute atomic E-state index is 13.5. The lowest BCUT2D eigenvalue weighted by Gasteiger charge is -2.33. The summed E-state index contributed by atoms with van der Waals surface area (Å²) in [5, 5.41) is 11.4. The molecular weight excluding hydrogens is 486 g/mol. The van der Waals surface area contributed by atoms with Gasteiger partial charge in [-0.15, -0.1) is 0 Å². The second-order valence-corrected chi connectivity index (χ2v) is 10.8. The molecule has 0 spiro atoms. The Kier molecular flexibility index (Phi) is 9.20. The molecule has 0 aliphatic carbocycles. The quantitative estimate of drug-likeness (QED) is 0.466. The molecule has 206 valence electrons. The van der Waals surface area contributed by atoms with Crippen LogP contribution in [0.15, 0.2) is 60.7 Å². The van der Waals surface area contributed by atoms with Gasteiger partial charge in [-0.3, -0.25) is 4.79 Å². The number of hydrogen-bond donors (Lipinski definition) is 1. The van der Waals surface area contributed by atoms with Crippen LogP contribution in [0, 0.1) is 11.8 Å². The van der Waals surface area contributed by atoms with E-state index in [4.69, 9.17) is 18.9 Å². The fourth-order valence-electron chi connectivity index (χ4n) is 5.16. The predicted molar refractivity (Wildman–Crippen MR) is 141 cm³/mol. The molecule has 0 radical (unpaired) electrons. The number of amides is 2. The van der Waals surface area contributed by atoms with Crippen molar-refractivity contribution < 1.29 is 33.6 Å². The minimum atomic E-state index is -1.05. The van der Waals surface area contributed by atoms with Crippen LogP contribution in [0.2, 0.25) is 0 Å².